The monoisotopic (exact) mass is 250 g/mol. The maximum Gasteiger partial charge on any atom is 0.311 e. The Bertz CT molecular complexity index is 458. The van der Waals surface area contributed by atoms with Crippen molar-refractivity contribution >= 4 is 11.8 Å². The number of benzene rings is 1. The highest BCUT2D eigenvalue weighted by molar-refractivity contribution is 6.34. The molecule has 0 saturated heterocycles. The summed E-state index contributed by atoms with van der Waals surface area (Å²) in [5.41, 5.74) is 7.04. The Kier molecular flexibility index (Phi) is 4.71. The zero-order chi connectivity index (χ0) is 13.7. The number of nitrogens with zero attached hydrogens (tertiary/aromatic N) is 1. The fraction of sp³-hybridized carbons (Fsp3) is 0.385. The third-order valence-corrected chi connectivity index (χ3v) is 2.75. The molecule has 5 nitrogen and oxygen atoms in total. The van der Waals surface area contributed by atoms with Gasteiger partial charge < -0.3 is 15.4 Å². The molecule has 0 unspecified atom stereocenters. The number of amides is 2. The van der Waals surface area contributed by atoms with Crippen LogP contribution in [0, 0.1) is 6.92 Å². The first-order chi connectivity index (χ1) is 8.45. The number of primary amides is 1. The molecule has 0 bridgehead atoms. The first-order valence-electron chi connectivity index (χ1n) is 5.64. The Labute approximate surface area is 107 Å². The number of hydrogen-bond acceptors (Lipinski definition) is 3. The van der Waals surface area contributed by atoms with Crippen LogP contribution in [0.4, 0.5) is 0 Å². The van der Waals surface area contributed by atoms with Crippen LogP contribution in [-0.4, -0.2) is 37.4 Å². The van der Waals surface area contributed by atoms with E-state index in [-0.39, 0.29) is 0 Å². The molecule has 0 aliphatic carbocycles. The molecule has 0 saturated carbocycles. The zero-order valence-electron chi connectivity index (χ0n) is 10.9. The fourth-order valence-corrected chi connectivity index (χ4v) is 1.68. The van der Waals surface area contributed by atoms with Crippen molar-refractivity contribution in [3.05, 3.63) is 29.3 Å². The molecule has 0 radical (unpaired) electrons. The number of rotatable bonds is 4. The Morgan fingerprint density at radius 1 is 1.39 bits per heavy atom. The van der Waals surface area contributed by atoms with Gasteiger partial charge in [-0.1, -0.05) is 12.1 Å². The van der Waals surface area contributed by atoms with Crippen LogP contribution >= 0.6 is 0 Å². The van der Waals surface area contributed by atoms with Crippen LogP contribution in [0.2, 0.25) is 0 Å². The van der Waals surface area contributed by atoms with Crippen LogP contribution in [0.1, 0.15) is 11.1 Å². The molecule has 98 valence electrons. The van der Waals surface area contributed by atoms with E-state index in [2.05, 4.69) is 0 Å². The van der Waals surface area contributed by atoms with Gasteiger partial charge in [0.2, 0.25) is 0 Å². The van der Waals surface area contributed by atoms with Crippen LogP contribution in [0.3, 0.4) is 0 Å². The highest BCUT2D eigenvalue weighted by Gasteiger charge is 2.14. The Balaban J connectivity index is 2.61. The third-order valence-electron chi connectivity index (χ3n) is 2.75. The molecular weight excluding hydrogens is 232 g/mol. The lowest BCUT2D eigenvalue weighted by Crippen LogP contribution is -2.38. The van der Waals surface area contributed by atoms with Crippen molar-refractivity contribution in [2.24, 2.45) is 5.73 Å². The van der Waals surface area contributed by atoms with Crippen LogP contribution in [0.5, 0.6) is 5.75 Å². The fourth-order valence-electron chi connectivity index (χ4n) is 1.68. The van der Waals surface area contributed by atoms with Gasteiger partial charge in [0.25, 0.3) is 0 Å². The summed E-state index contributed by atoms with van der Waals surface area (Å²) >= 11 is 0. The molecular formula is C13H18N2O3. The van der Waals surface area contributed by atoms with Gasteiger partial charge in [-0.2, -0.15) is 0 Å². The standard InChI is InChI=1S/C13H18N2O3/c1-9-8-10(4-5-11(9)18-3)6-7-15(2)13(17)12(14)16/h4-5,8H,6-7H2,1-3H3,(H2,14,16). The van der Waals surface area contributed by atoms with Gasteiger partial charge in [0.1, 0.15) is 5.75 Å². The lowest BCUT2D eigenvalue weighted by atomic mass is 10.1. The lowest BCUT2D eigenvalue weighted by molar-refractivity contribution is -0.143. The highest BCUT2D eigenvalue weighted by atomic mass is 16.5. The Morgan fingerprint density at radius 2 is 2.06 bits per heavy atom. The normalized spacial score (nSPS) is 9.94. The van der Waals surface area contributed by atoms with Crippen LogP contribution in [0.25, 0.3) is 0 Å². The molecule has 1 aromatic carbocycles. The minimum absolute atomic E-state index is 0.452. The maximum absolute atomic E-state index is 11.3. The van der Waals surface area contributed by atoms with E-state index in [4.69, 9.17) is 10.5 Å². The quantitative estimate of drug-likeness (QED) is 0.790. The molecule has 1 rings (SSSR count). The van der Waals surface area contributed by atoms with E-state index in [0.717, 1.165) is 16.9 Å². The van der Waals surface area contributed by atoms with Crippen molar-refractivity contribution in [2.75, 3.05) is 20.7 Å². The van der Waals surface area contributed by atoms with E-state index in [1.807, 2.05) is 25.1 Å². The Morgan fingerprint density at radius 3 is 2.56 bits per heavy atom. The molecule has 5 heteroatoms. The summed E-state index contributed by atoms with van der Waals surface area (Å²) in [4.78, 5) is 23.3. The van der Waals surface area contributed by atoms with E-state index in [1.54, 1.807) is 14.2 Å². The third kappa shape index (κ3) is 3.48. The number of nitrogens with two attached hydrogens (primary N) is 1. The molecule has 0 atom stereocenters. The average molecular weight is 250 g/mol. The van der Waals surface area contributed by atoms with Gasteiger partial charge in [-0.15, -0.1) is 0 Å². The smallest absolute Gasteiger partial charge is 0.311 e. The summed E-state index contributed by atoms with van der Waals surface area (Å²) < 4.78 is 5.17. The topological polar surface area (TPSA) is 72.6 Å². The van der Waals surface area contributed by atoms with Crippen molar-refractivity contribution in [1.82, 2.24) is 4.90 Å². The minimum atomic E-state index is -0.927. The predicted molar refractivity (Wildman–Crippen MR) is 68.3 cm³/mol. The van der Waals surface area contributed by atoms with Crippen molar-refractivity contribution in [2.45, 2.75) is 13.3 Å². The number of methoxy groups -OCH3 is 1. The molecule has 0 fully saturated rings. The van der Waals surface area contributed by atoms with Gasteiger partial charge in [0, 0.05) is 13.6 Å². The molecule has 0 spiro atoms. The lowest BCUT2D eigenvalue weighted by Gasteiger charge is -2.15. The summed E-state index contributed by atoms with van der Waals surface area (Å²) in [5, 5.41) is 0. The van der Waals surface area contributed by atoms with Gasteiger partial charge in [0.05, 0.1) is 7.11 Å². The van der Waals surface area contributed by atoms with E-state index < -0.39 is 11.8 Å². The summed E-state index contributed by atoms with van der Waals surface area (Å²) in [6.45, 7) is 2.41. The van der Waals surface area contributed by atoms with Gasteiger partial charge in [-0.3, -0.25) is 9.59 Å². The summed E-state index contributed by atoms with van der Waals surface area (Å²) in [7, 11) is 3.19. The SMILES string of the molecule is COc1ccc(CCN(C)C(=O)C(N)=O)cc1C. The molecule has 18 heavy (non-hydrogen) atoms. The van der Waals surface area contributed by atoms with Gasteiger partial charge in [-0.05, 0) is 30.5 Å². The molecule has 2 amide bonds. The number of carbonyl (C=O) groups is 2. The Hall–Kier alpha value is -2.04. The minimum Gasteiger partial charge on any atom is -0.496 e. The second-order valence-corrected chi connectivity index (χ2v) is 4.14. The van der Waals surface area contributed by atoms with Gasteiger partial charge in [0.15, 0.2) is 0 Å². The summed E-state index contributed by atoms with van der Waals surface area (Å²) in [6, 6.07) is 5.83. The largest absolute Gasteiger partial charge is 0.496 e. The average Bonchev–Trinajstić information content (AvgIpc) is 2.35. The zero-order valence-corrected chi connectivity index (χ0v) is 10.9. The number of aryl methyl sites for hydroxylation is 1. The van der Waals surface area contributed by atoms with Crippen molar-refractivity contribution < 1.29 is 14.3 Å². The van der Waals surface area contributed by atoms with Crippen LogP contribution in [0.15, 0.2) is 18.2 Å². The van der Waals surface area contributed by atoms with Gasteiger partial charge in [-0.25, -0.2) is 0 Å². The maximum atomic E-state index is 11.3. The van der Waals surface area contributed by atoms with Crippen molar-refractivity contribution in [3.63, 3.8) is 0 Å². The van der Waals surface area contributed by atoms with E-state index in [9.17, 15) is 9.59 Å². The summed E-state index contributed by atoms with van der Waals surface area (Å²) in [5.74, 6) is -0.760. The van der Waals surface area contributed by atoms with Crippen LogP contribution in [-0.2, 0) is 16.0 Å². The molecule has 2 N–H and O–H groups in total. The number of hydrogen-bond donors (Lipinski definition) is 1. The van der Waals surface area contributed by atoms with Gasteiger partial charge >= 0.3 is 11.8 Å². The van der Waals surface area contributed by atoms with E-state index in [1.165, 1.54) is 4.90 Å². The van der Waals surface area contributed by atoms with E-state index in [0.29, 0.717) is 13.0 Å². The predicted octanol–water partition coefficient (Wildman–Crippen LogP) is 0.490. The molecule has 0 heterocycles. The molecule has 0 aromatic heterocycles. The molecule has 1 aromatic rings. The summed E-state index contributed by atoms with van der Waals surface area (Å²) in [6.07, 6.45) is 0.667. The second kappa shape index (κ2) is 6.05. The highest BCUT2D eigenvalue weighted by Crippen LogP contribution is 2.18. The van der Waals surface area contributed by atoms with E-state index >= 15 is 0 Å². The van der Waals surface area contributed by atoms with Crippen molar-refractivity contribution in [3.8, 4) is 5.75 Å². The molecule has 0 aliphatic rings. The second-order valence-electron chi connectivity index (χ2n) is 4.14. The molecule has 0 aliphatic heterocycles. The number of carbonyl (C=O) groups excluding carboxylic acids is 2. The number of ether oxygens (including phenoxy) is 1. The van der Waals surface area contributed by atoms with Crippen LogP contribution < -0.4 is 10.5 Å². The first-order valence-corrected chi connectivity index (χ1v) is 5.64. The first kappa shape index (κ1) is 14.0. The number of likely N-dealkylation sites (N-methyl/N-ethyl adjacent to an activating group) is 1. The van der Waals surface area contributed by atoms with Crippen molar-refractivity contribution in [1.29, 1.82) is 0 Å².